The summed E-state index contributed by atoms with van der Waals surface area (Å²) >= 11 is 6.27. The zero-order valence-electron chi connectivity index (χ0n) is 17.0. The lowest BCUT2D eigenvalue weighted by Gasteiger charge is -2.41. The summed E-state index contributed by atoms with van der Waals surface area (Å²) in [5.74, 6) is -0.409. The van der Waals surface area contributed by atoms with Gasteiger partial charge in [-0.25, -0.2) is 13.2 Å². The quantitative estimate of drug-likeness (QED) is 0.747. The van der Waals surface area contributed by atoms with E-state index in [0.717, 1.165) is 11.8 Å². The molecule has 3 amide bonds. The maximum atomic E-state index is 12.6. The van der Waals surface area contributed by atoms with Gasteiger partial charge in [-0.1, -0.05) is 23.7 Å². The molecular weight excluding hydrogens is 440 g/mol. The minimum atomic E-state index is -3.33. The molecule has 0 saturated carbocycles. The van der Waals surface area contributed by atoms with Crippen LogP contribution in [0.15, 0.2) is 41.4 Å². The van der Waals surface area contributed by atoms with Crippen LogP contribution in [0.4, 0.5) is 4.79 Å². The molecule has 1 aromatic carbocycles. The summed E-state index contributed by atoms with van der Waals surface area (Å²) in [6.45, 7) is 2.15. The zero-order chi connectivity index (χ0) is 22.3. The fourth-order valence-corrected chi connectivity index (χ4v) is 4.94. The van der Waals surface area contributed by atoms with Gasteiger partial charge in [-0.2, -0.15) is 0 Å². The van der Waals surface area contributed by atoms with Crippen molar-refractivity contribution < 1.29 is 18.0 Å². The van der Waals surface area contributed by atoms with Crippen molar-refractivity contribution in [3.63, 3.8) is 0 Å². The van der Waals surface area contributed by atoms with E-state index in [1.54, 1.807) is 22.1 Å². The number of hydrogen-bond donors (Lipinski definition) is 1. The van der Waals surface area contributed by atoms with Gasteiger partial charge in [0.1, 0.15) is 0 Å². The highest BCUT2D eigenvalue weighted by atomic mass is 35.5. The number of urea groups is 1. The van der Waals surface area contributed by atoms with Gasteiger partial charge in [0.2, 0.25) is 5.91 Å². The van der Waals surface area contributed by atoms with Crippen molar-refractivity contribution in [2.24, 2.45) is 11.7 Å². The second kappa shape index (κ2) is 8.12. The number of nitrogens with zero attached hydrogens (tertiary/aromatic N) is 3. The molecule has 0 radical (unpaired) electrons. The fraction of sp³-hybridized carbons (Fsp3) is 0.381. The van der Waals surface area contributed by atoms with Gasteiger partial charge in [0.15, 0.2) is 9.84 Å². The molecule has 1 aromatic heterocycles. The fourth-order valence-electron chi connectivity index (χ4n) is 3.95. The molecule has 4 rings (SSSR count). The number of hydrogen-bond acceptors (Lipinski definition) is 5. The summed E-state index contributed by atoms with van der Waals surface area (Å²) in [7, 11) is -3.33. The lowest BCUT2D eigenvalue weighted by molar-refractivity contribution is -0.121. The number of rotatable bonds is 4. The number of benzene rings is 1. The second-order valence-corrected chi connectivity index (χ2v) is 10.5. The molecule has 164 valence electrons. The second-order valence-electron chi connectivity index (χ2n) is 8.11. The van der Waals surface area contributed by atoms with Gasteiger partial charge < -0.3 is 15.5 Å². The number of aromatic nitrogens is 1. The van der Waals surface area contributed by atoms with E-state index in [4.69, 9.17) is 17.3 Å². The maximum Gasteiger partial charge on any atom is 0.320 e. The molecular formula is C21H23ClN4O4S. The average Bonchev–Trinajstić information content (AvgIpc) is 3.17. The Morgan fingerprint density at radius 2 is 1.87 bits per heavy atom. The van der Waals surface area contributed by atoms with Crippen molar-refractivity contribution in [3.05, 3.63) is 47.1 Å². The molecule has 2 fully saturated rings. The molecule has 3 heterocycles. The molecule has 1 atom stereocenters. The predicted molar refractivity (Wildman–Crippen MR) is 116 cm³/mol. The monoisotopic (exact) mass is 462 g/mol. The van der Waals surface area contributed by atoms with Crippen molar-refractivity contribution in [1.82, 2.24) is 14.8 Å². The average molecular weight is 463 g/mol. The third-order valence-corrected chi connectivity index (χ3v) is 7.34. The molecule has 8 nitrogen and oxygen atoms in total. The topological polar surface area (TPSA) is 114 Å². The van der Waals surface area contributed by atoms with Gasteiger partial charge in [-0.05, 0) is 30.2 Å². The molecule has 0 aliphatic carbocycles. The zero-order valence-corrected chi connectivity index (χ0v) is 18.6. The van der Waals surface area contributed by atoms with E-state index in [-0.39, 0.29) is 28.7 Å². The summed E-state index contributed by atoms with van der Waals surface area (Å²) in [4.78, 5) is 32.0. The molecule has 0 unspecified atom stereocenters. The van der Waals surface area contributed by atoms with Crippen LogP contribution in [0.25, 0.3) is 11.3 Å². The lowest BCUT2D eigenvalue weighted by Crippen LogP contribution is -2.53. The van der Waals surface area contributed by atoms with Gasteiger partial charge in [0, 0.05) is 50.1 Å². The Bertz CT molecular complexity index is 1130. The lowest BCUT2D eigenvalue weighted by atomic mass is 9.92. The Balaban J connectivity index is 1.38. The van der Waals surface area contributed by atoms with Crippen molar-refractivity contribution in [2.75, 3.05) is 32.4 Å². The molecule has 0 bridgehead atoms. The van der Waals surface area contributed by atoms with Gasteiger partial charge in [-0.3, -0.25) is 9.78 Å². The molecule has 2 aliphatic heterocycles. The van der Waals surface area contributed by atoms with E-state index < -0.39 is 9.84 Å². The summed E-state index contributed by atoms with van der Waals surface area (Å²) in [6, 6.07) is 8.34. The normalized spacial score (nSPS) is 19.4. The Hall–Kier alpha value is -2.65. The Morgan fingerprint density at radius 3 is 2.42 bits per heavy atom. The molecule has 10 heteroatoms. The highest BCUT2D eigenvalue weighted by Gasteiger charge is 2.37. The summed E-state index contributed by atoms with van der Waals surface area (Å²) in [5.41, 5.74) is 7.66. The number of nitrogens with two attached hydrogens (primary N) is 1. The number of carbonyl (C=O) groups excluding carboxylic acids is 2. The third kappa shape index (κ3) is 4.38. The summed E-state index contributed by atoms with van der Waals surface area (Å²) in [5, 5.41) is 0.323. The van der Waals surface area contributed by atoms with E-state index in [1.807, 2.05) is 12.1 Å². The number of amides is 3. The number of primary amides is 1. The number of pyridine rings is 1. The van der Waals surface area contributed by atoms with Crippen LogP contribution in [0.5, 0.6) is 0 Å². The Labute approximate surface area is 185 Å². The van der Waals surface area contributed by atoms with E-state index in [1.165, 1.54) is 12.1 Å². The SMILES string of the molecule is CS(=O)(=O)c1ccc(-c2ccc(C3CN(C(=O)N4CC[C@H](C(N)=O)C4)C3)cn2)c(Cl)c1. The van der Waals surface area contributed by atoms with Gasteiger partial charge in [-0.15, -0.1) is 0 Å². The summed E-state index contributed by atoms with van der Waals surface area (Å²) in [6.07, 6.45) is 3.52. The number of sulfone groups is 1. The van der Waals surface area contributed by atoms with E-state index in [2.05, 4.69) is 4.98 Å². The maximum absolute atomic E-state index is 12.6. The van der Waals surface area contributed by atoms with Crippen LogP contribution in [-0.4, -0.2) is 67.6 Å². The van der Waals surface area contributed by atoms with Crippen molar-refractivity contribution in [2.45, 2.75) is 17.2 Å². The van der Waals surface area contributed by atoms with Crippen LogP contribution in [0, 0.1) is 5.92 Å². The molecule has 0 spiro atoms. The van der Waals surface area contributed by atoms with Crippen LogP contribution in [-0.2, 0) is 14.6 Å². The molecule has 2 aromatic rings. The molecule has 2 saturated heterocycles. The predicted octanol–water partition coefficient (Wildman–Crippen LogP) is 2.13. The van der Waals surface area contributed by atoms with Crippen molar-refractivity contribution in [3.8, 4) is 11.3 Å². The largest absolute Gasteiger partial charge is 0.369 e. The summed E-state index contributed by atoms with van der Waals surface area (Å²) < 4.78 is 23.3. The van der Waals surface area contributed by atoms with Crippen LogP contribution in [0.2, 0.25) is 5.02 Å². The first-order chi connectivity index (χ1) is 14.6. The first-order valence-electron chi connectivity index (χ1n) is 9.92. The first kappa shape index (κ1) is 21.6. The molecule has 2 N–H and O–H groups in total. The van der Waals surface area contributed by atoms with Crippen molar-refractivity contribution in [1.29, 1.82) is 0 Å². The van der Waals surface area contributed by atoms with Crippen LogP contribution >= 0.6 is 11.6 Å². The number of carbonyl (C=O) groups is 2. The van der Waals surface area contributed by atoms with Crippen LogP contribution < -0.4 is 5.73 Å². The van der Waals surface area contributed by atoms with Crippen molar-refractivity contribution >= 4 is 33.4 Å². The van der Waals surface area contributed by atoms with E-state index >= 15 is 0 Å². The Morgan fingerprint density at radius 1 is 1.13 bits per heavy atom. The highest BCUT2D eigenvalue weighted by Crippen LogP contribution is 2.32. The smallest absolute Gasteiger partial charge is 0.320 e. The minimum Gasteiger partial charge on any atom is -0.369 e. The van der Waals surface area contributed by atoms with Gasteiger partial charge in [0.05, 0.1) is 21.5 Å². The van der Waals surface area contributed by atoms with Crippen LogP contribution in [0.3, 0.4) is 0 Å². The molecule has 31 heavy (non-hydrogen) atoms. The highest BCUT2D eigenvalue weighted by molar-refractivity contribution is 7.90. The van der Waals surface area contributed by atoms with E-state index in [0.29, 0.717) is 48.9 Å². The van der Waals surface area contributed by atoms with Crippen LogP contribution in [0.1, 0.15) is 17.9 Å². The number of likely N-dealkylation sites (tertiary alicyclic amines) is 2. The van der Waals surface area contributed by atoms with E-state index in [9.17, 15) is 18.0 Å². The Kier molecular flexibility index (Phi) is 5.65. The van der Waals surface area contributed by atoms with Gasteiger partial charge >= 0.3 is 6.03 Å². The molecule has 2 aliphatic rings. The first-order valence-corrected chi connectivity index (χ1v) is 12.2. The standard InChI is InChI=1S/C21H23ClN4O4S/c1-31(29,30)16-3-4-17(18(22)8-16)19-5-2-13(9-24-19)15-11-26(12-15)21(28)25-7-6-14(10-25)20(23)27/h2-5,8-9,14-15H,6-7,10-12H2,1H3,(H2,23,27)/t14-/m0/s1. The minimum absolute atomic E-state index is 0.0534. The number of halogens is 1. The third-order valence-electron chi connectivity index (χ3n) is 5.92. The van der Waals surface area contributed by atoms with Gasteiger partial charge in [0.25, 0.3) is 0 Å².